The SMILES string of the molecule is CC(Cl)C[C@@H]1CCC2=CC(=O)C[C@@H](C)[C@]2(C)C1. The van der Waals surface area contributed by atoms with Gasteiger partial charge in [0.1, 0.15) is 0 Å². The first-order chi connectivity index (χ1) is 7.91. The Bertz CT molecular complexity index is 345. The van der Waals surface area contributed by atoms with E-state index < -0.39 is 0 Å². The molecule has 1 saturated carbocycles. The second-order valence-corrected chi connectivity index (χ2v) is 7.03. The van der Waals surface area contributed by atoms with Crippen molar-refractivity contribution in [3.05, 3.63) is 11.6 Å². The number of carbonyl (C=O) groups excluding carboxylic acids is 1. The Kier molecular flexibility index (Phi) is 3.68. The summed E-state index contributed by atoms with van der Waals surface area (Å²) in [6.07, 6.45) is 7.29. The van der Waals surface area contributed by atoms with Gasteiger partial charge in [-0.2, -0.15) is 0 Å². The molecule has 1 unspecified atom stereocenters. The van der Waals surface area contributed by atoms with E-state index in [1.54, 1.807) is 0 Å². The van der Waals surface area contributed by atoms with E-state index in [2.05, 4.69) is 20.8 Å². The second kappa shape index (κ2) is 4.76. The average Bonchev–Trinajstić information content (AvgIpc) is 2.19. The fraction of sp³-hybridized carbons (Fsp3) is 0.800. The zero-order chi connectivity index (χ0) is 12.6. The summed E-state index contributed by atoms with van der Waals surface area (Å²) in [5, 5.41) is 0.273. The number of ketones is 1. The van der Waals surface area contributed by atoms with Gasteiger partial charge in [0.05, 0.1) is 0 Å². The first kappa shape index (κ1) is 13.1. The minimum atomic E-state index is 0.253. The molecule has 1 nitrogen and oxygen atoms in total. The highest BCUT2D eigenvalue weighted by Crippen LogP contribution is 2.52. The summed E-state index contributed by atoms with van der Waals surface area (Å²) in [4.78, 5) is 11.6. The number of hydrogen-bond donors (Lipinski definition) is 0. The third kappa shape index (κ3) is 2.59. The minimum absolute atomic E-state index is 0.253. The Hall–Kier alpha value is -0.300. The molecule has 2 aliphatic rings. The number of hydrogen-bond acceptors (Lipinski definition) is 1. The molecular formula is C15H23ClO. The number of allylic oxidation sites excluding steroid dienone is 2. The third-order valence-corrected chi connectivity index (χ3v) is 5.03. The highest BCUT2D eigenvalue weighted by Gasteiger charge is 2.43. The zero-order valence-electron chi connectivity index (χ0n) is 11.1. The van der Waals surface area contributed by atoms with Gasteiger partial charge in [-0.1, -0.05) is 19.4 Å². The Balaban J connectivity index is 2.16. The Labute approximate surface area is 110 Å². The highest BCUT2D eigenvalue weighted by atomic mass is 35.5. The normalized spacial score (nSPS) is 39.5. The molecule has 0 spiro atoms. The topological polar surface area (TPSA) is 17.1 Å². The first-order valence-corrected chi connectivity index (χ1v) is 7.23. The number of halogens is 1. The van der Waals surface area contributed by atoms with E-state index in [4.69, 9.17) is 11.6 Å². The number of alkyl halides is 1. The van der Waals surface area contributed by atoms with Gasteiger partial charge in [0.2, 0.25) is 0 Å². The Morgan fingerprint density at radius 3 is 2.94 bits per heavy atom. The van der Waals surface area contributed by atoms with Crippen LogP contribution in [0.5, 0.6) is 0 Å². The molecule has 4 atom stereocenters. The summed E-state index contributed by atoms with van der Waals surface area (Å²) in [6.45, 7) is 6.67. The highest BCUT2D eigenvalue weighted by molar-refractivity contribution is 6.20. The first-order valence-electron chi connectivity index (χ1n) is 6.79. The molecule has 17 heavy (non-hydrogen) atoms. The van der Waals surface area contributed by atoms with Crippen LogP contribution in [0.4, 0.5) is 0 Å². The van der Waals surface area contributed by atoms with Gasteiger partial charge in [-0.3, -0.25) is 4.79 Å². The van der Waals surface area contributed by atoms with Crippen LogP contribution >= 0.6 is 11.6 Å². The molecular weight excluding hydrogens is 232 g/mol. The van der Waals surface area contributed by atoms with Crippen molar-refractivity contribution in [1.82, 2.24) is 0 Å². The fourth-order valence-electron chi connectivity index (χ4n) is 3.67. The molecule has 2 rings (SSSR count). The number of rotatable bonds is 2. The lowest BCUT2D eigenvalue weighted by molar-refractivity contribution is -0.117. The van der Waals surface area contributed by atoms with Crippen molar-refractivity contribution in [2.75, 3.05) is 0 Å². The molecule has 0 saturated heterocycles. The van der Waals surface area contributed by atoms with Crippen molar-refractivity contribution in [1.29, 1.82) is 0 Å². The molecule has 0 aromatic carbocycles. The quantitative estimate of drug-likeness (QED) is 0.670. The molecule has 2 heteroatoms. The van der Waals surface area contributed by atoms with Crippen molar-refractivity contribution in [2.45, 2.75) is 58.3 Å². The monoisotopic (exact) mass is 254 g/mol. The average molecular weight is 255 g/mol. The molecule has 0 heterocycles. The molecule has 0 aromatic rings. The van der Waals surface area contributed by atoms with Gasteiger partial charge in [-0.25, -0.2) is 0 Å². The second-order valence-electron chi connectivity index (χ2n) is 6.28. The van der Waals surface area contributed by atoms with E-state index in [9.17, 15) is 4.79 Å². The lowest BCUT2D eigenvalue weighted by atomic mass is 9.58. The predicted molar refractivity (Wildman–Crippen MR) is 72.3 cm³/mol. The lowest BCUT2D eigenvalue weighted by Gasteiger charge is -2.47. The van der Waals surface area contributed by atoms with Crippen molar-refractivity contribution in [2.24, 2.45) is 17.3 Å². The fourth-order valence-corrected chi connectivity index (χ4v) is 3.93. The van der Waals surface area contributed by atoms with Crippen LogP contribution in [-0.2, 0) is 4.79 Å². The van der Waals surface area contributed by atoms with Crippen LogP contribution in [0.3, 0.4) is 0 Å². The maximum atomic E-state index is 11.6. The van der Waals surface area contributed by atoms with Gasteiger partial charge < -0.3 is 0 Å². The minimum Gasteiger partial charge on any atom is -0.295 e. The van der Waals surface area contributed by atoms with E-state index in [1.165, 1.54) is 18.4 Å². The van der Waals surface area contributed by atoms with E-state index in [1.807, 2.05) is 6.08 Å². The Morgan fingerprint density at radius 2 is 2.29 bits per heavy atom. The predicted octanol–water partition coefficient (Wildman–Crippen LogP) is 4.35. The maximum absolute atomic E-state index is 11.6. The van der Waals surface area contributed by atoms with E-state index in [0.717, 1.165) is 25.2 Å². The molecule has 0 aromatic heterocycles. The van der Waals surface area contributed by atoms with Crippen molar-refractivity contribution in [3.8, 4) is 0 Å². The van der Waals surface area contributed by atoms with Crippen LogP contribution in [0.2, 0.25) is 0 Å². The molecule has 0 N–H and O–H groups in total. The molecule has 0 aliphatic heterocycles. The van der Waals surface area contributed by atoms with Crippen LogP contribution in [0.1, 0.15) is 52.9 Å². The van der Waals surface area contributed by atoms with Crippen LogP contribution in [0.25, 0.3) is 0 Å². The zero-order valence-corrected chi connectivity index (χ0v) is 11.9. The van der Waals surface area contributed by atoms with Crippen LogP contribution < -0.4 is 0 Å². The van der Waals surface area contributed by atoms with Gasteiger partial charge >= 0.3 is 0 Å². The summed E-state index contributed by atoms with van der Waals surface area (Å²) >= 11 is 6.12. The standard InChI is InChI=1S/C15H23ClO/c1-10-6-14(17)8-13-5-4-12(7-11(2)16)9-15(10,13)3/h8,10-12H,4-7,9H2,1-3H3/t10-,11?,12+,15+/m1/s1. The van der Waals surface area contributed by atoms with Gasteiger partial charge in [0.25, 0.3) is 0 Å². The number of carbonyl (C=O) groups is 1. The Morgan fingerprint density at radius 1 is 1.59 bits per heavy atom. The van der Waals surface area contributed by atoms with Gasteiger partial charge in [-0.05, 0) is 55.9 Å². The van der Waals surface area contributed by atoms with Crippen molar-refractivity contribution < 1.29 is 4.79 Å². The summed E-state index contributed by atoms with van der Waals surface area (Å²) < 4.78 is 0. The molecule has 0 bridgehead atoms. The largest absolute Gasteiger partial charge is 0.295 e. The van der Waals surface area contributed by atoms with Crippen molar-refractivity contribution >= 4 is 17.4 Å². The van der Waals surface area contributed by atoms with Crippen LogP contribution in [-0.4, -0.2) is 11.2 Å². The lowest BCUT2D eigenvalue weighted by Crippen LogP contribution is -2.38. The van der Waals surface area contributed by atoms with E-state index in [-0.39, 0.29) is 10.8 Å². The summed E-state index contributed by atoms with van der Waals surface area (Å²) in [5.74, 6) is 1.55. The number of fused-ring (bicyclic) bond motifs is 1. The molecule has 96 valence electrons. The van der Waals surface area contributed by atoms with Crippen LogP contribution in [0, 0.1) is 17.3 Å². The molecule has 1 fully saturated rings. The van der Waals surface area contributed by atoms with Gasteiger partial charge in [0, 0.05) is 11.8 Å². The smallest absolute Gasteiger partial charge is 0.155 e. The molecule has 0 amide bonds. The summed E-state index contributed by atoms with van der Waals surface area (Å²) in [7, 11) is 0. The molecule has 2 aliphatic carbocycles. The van der Waals surface area contributed by atoms with E-state index in [0.29, 0.717) is 11.7 Å². The van der Waals surface area contributed by atoms with Crippen LogP contribution in [0.15, 0.2) is 11.6 Å². The van der Waals surface area contributed by atoms with Gasteiger partial charge in [-0.15, -0.1) is 11.6 Å². The van der Waals surface area contributed by atoms with Gasteiger partial charge in [0.15, 0.2) is 5.78 Å². The maximum Gasteiger partial charge on any atom is 0.155 e. The third-order valence-electron chi connectivity index (χ3n) is 4.86. The van der Waals surface area contributed by atoms with Crippen molar-refractivity contribution in [3.63, 3.8) is 0 Å². The summed E-state index contributed by atoms with van der Waals surface area (Å²) in [6, 6.07) is 0. The van der Waals surface area contributed by atoms with E-state index >= 15 is 0 Å². The molecule has 0 radical (unpaired) electrons. The summed E-state index contributed by atoms with van der Waals surface area (Å²) in [5.41, 5.74) is 1.66.